The van der Waals surface area contributed by atoms with Crippen LogP contribution in [-0.2, 0) is 9.53 Å². The second-order valence-electron chi connectivity index (χ2n) is 11.3. The van der Waals surface area contributed by atoms with Gasteiger partial charge in [0.15, 0.2) is 0 Å². The van der Waals surface area contributed by atoms with Crippen LogP contribution in [0.5, 0.6) is 0 Å². The van der Waals surface area contributed by atoms with Crippen LogP contribution in [0.3, 0.4) is 0 Å². The van der Waals surface area contributed by atoms with Crippen molar-refractivity contribution >= 4 is 23.5 Å². The number of aromatic nitrogens is 1. The predicted molar refractivity (Wildman–Crippen MR) is 145 cm³/mol. The van der Waals surface area contributed by atoms with Crippen LogP contribution in [-0.4, -0.2) is 90.3 Å². The molecule has 7 nitrogen and oxygen atoms in total. The van der Waals surface area contributed by atoms with E-state index in [9.17, 15) is 13.6 Å². The van der Waals surface area contributed by atoms with E-state index in [1.807, 2.05) is 23.1 Å². The van der Waals surface area contributed by atoms with Crippen molar-refractivity contribution in [3.05, 3.63) is 47.7 Å². The molecule has 0 aliphatic carbocycles. The lowest BCUT2D eigenvalue weighted by atomic mass is 9.82. The maximum Gasteiger partial charge on any atom is 0.281 e. The van der Waals surface area contributed by atoms with Crippen LogP contribution in [0, 0.1) is 0 Å². The molecule has 38 heavy (non-hydrogen) atoms. The minimum atomic E-state index is -2.65. The van der Waals surface area contributed by atoms with Crippen LogP contribution in [0.25, 0.3) is 6.08 Å². The Bertz CT molecular complexity index is 1180. The Morgan fingerprint density at radius 1 is 1.21 bits per heavy atom. The Kier molecular flexibility index (Phi) is 6.54. The molecule has 9 heteroatoms. The zero-order valence-electron chi connectivity index (χ0n) is 22.3. The molecule has 3 saturated heterocycles. The average Bonchev–Trinajstić information content (AvgIpc) is 3.17. The van der Waals surface area contributed by atoms with Gasteiger partial charge in [-0.15, -0.1) is 0 Å². The van der Waals surface area contributed by atoms with Gasteiger partial charge < -0.3 is 19.4 Å². The molecule has 4 atom stereocenters. The zero-order chi connectivity index (χ0) is 26.6. The number of hydrogen-bond donors (Lipinski definition) is 0. The highest BCUT2D eigenvalue weighted by molar-refractivity contribution is 5.87. The molecule has 1 aromatic heterocycles. The number of ether oxygens (including phenoxy) is 1. The summed E-state index contributed by atoms with van der Waals surface area (Å²) in [4.78, 5) is 25.3. The van der Waals surface area contributed by atoms with Gasteiger partial charge in [-0.05, 0) is 38.3 Å². The molecule has 1 aromatic rings. The number of amides is 1. The molecule has 3 fully saturated rings. The molecule has 0 radical (unpaired) electrons. The van der Waals surface area contributed by atoms with Crippen molar-refractivity contribution in [2.45, 2.75) is 63.3 Å². The van der Waals surface area contributed by atoms with Gasteiger partial charge in [-0.3, -0.25) is 9.69 Å². The van der Waals surface area contributed by atoms with Crippen LogP contribution in [0.2, 0.25) is 0 Å². The lowest BCUT2D eigenvalue weighted by Crippen LogP contribution is -2.69. The Balaban J connectivity index is 1.24. The topological polar surface area (TPSA) is 52.2 Å². The molecule has 1 amide bonds. The number of alkyl halides is 2. The molecule has 0 bridgehead atoms. The smallest absolute Gasteiger partial charge is 0.281 e. The summed E-state index contributed by atoms with van der Waals surface area (Å²) >= 11 is 0. The first kappa shape index (κ1) is 25.5. The van der Waals surface area contributed by atoms with Crippen LogP contribution in [0.4, 0.5) is 20.3 Å². The maximum atomic E-state index is 14.4. The Labute approximate surface area is 223 Å². The highest BCUT2D eigenvalue weighted by Crippen LogP contribution is 2.45. The van der Waals surface area contributed by atoms with E-state index in [0.29, 0.717) is 37.1 Å². The van der Waals surface area contributed by atoms with Gasteiger partial charge in [0.1, 0.15) is 11.5 Å². The van der Waals surface area contributed by atoms with E-state index in [4.69, 9.17) is 4.74 Å². The Morgan fingerprint density at radius 2 is 2.00 bits per heavy atom. The fourth-order valence-corrected chi connectivity index (χ4v) is 7.11. The van der Waals surface area contributed by atoms with Gasteiger partial charge in [0.2, 0.25) is 5.91 Å². The van der Waals surface area contributed by atoms with Crippen molar-refractivity contribution in [1.82, 2.24) is 14.8 Å². The summed E-state index contributed by atoms with van der Waals surface area (Å²) in [5, 5.41) is 0. The number of piperazine rings is 1. The third kappa shape index (κ3) is 4.14. The van der Waals surface area contributed by atoms with Gasteiger partial charge in [-0.2, -0.15) is 0 Å². The number of carbonyl (C=O) groups excluding carboxylic acids is 1. The van der Waals surface area contributed by atoms with E-state index in [2.05, 4.69) is 46.2 Å². The van der Waals surface area contributed by atoms with Gasteiger partial charge >= 0.3 is 0 Å². The summed E-state index contributed by atoms with van der Waals surface area (Å²) < 4.78 is 34.9. The summed E-state index contributed by atoms with van der Waals surface area (Å²) in [6.45, 7) is 13.0. The number of hydrogen-bond acceptors (Lipinski definition) is 6. The minimum absolute atomic E-state index is 0.0192. The van der Waals surface area contributed by atoms with E-state index in [0.717, 1.165) is 51.1 Å². The number of piperidine rings is 1. The molecule has 204 valence electrons. The van der Waals surface area contributed by atoms with Crippen LogP contribution >= 0.6 is 0 Å². The van der Waals surface area contributed by atoms with Crippen LogP contribution < -0.4 is 9.80 Å². The number of halogens is 2. The highest BCUT2D eigenvalue weighted by atomic mass is 19.3. The lowest BCUT2D eigenvalue weighted by Gasteiger charge is -2.55. The minimum Gasteiger partial charge on any atom is -0.366 e. The third-order valence-corrected chi connectivity index (χ3v) is 9.40. The van der Waals surface area contributed by atoms with Crippen molar-refractivity contribution in [2.24, 2.45) is 0 Å². The van der Waals surface area contributed by atoms with E-state index < -0.39 is 6.43 Å². The van der Waals surface area contributed by atoms with Crippen molar-refractivity contribution in [2.75, 3.05) is 55.7 Å². The molecule has 5 aliphatic heterocycles. The van der Waals surface area contributed by atoms with Crippen LogP contribution in [0.1, 0.15) is 50.8 Å². The molecule has 5 aliphatic rings. The van der Waals surface area contributed by atoms with Crippen molar-refractivity contribution in [3.63, 3.8) is 0 Å². The second kappa shape index (κ2) is 9.75. The van der Waals surface area contributed by atoms with E-state index in [-0.39, 0.29) is 29.3 Å². The molecular weight excluding hydrogens is 488 g/mol. The van der Waals surface area contributed by atoms with E-state index in [1.54, 1.807) is 0 Å². The second-order valence-corrected chi connectivity index (χ2v) is 11.3. The Hall–Kier alpha value is -2.78. The van der Waals surface area contributed by atoms with Crippen molar-refractivity contribution in [1.29, 1.82) is 0 Å². The first-order chi connectivity index (χ1) is 18.3. The summed E-state index contributed by atoms with van der Waals surface area (Å²) in [5.41, 5.74) is 2.33. The first-order valence-corrected chi connectivity index (χ1v) is 13.8. The van der Waals surface area contributed by atoms with Crippen LogP contribution in [0.15, 0.2) is 36.4 Å². The summed E-state index contributed by atoms with van der Waals surface area (Å²) in [6, 6.07) is 2.71. The lowest BCUT2D eigenvalue weighted by molar-refractivity contribution is -0.128. The fourth-order valence-electron chi connectivity index (χ4n) is 7.11. The SMILES string of the molecule is C=CC(=O)N1CCN(C2CN3c4cc(N5CCC6(C[C@H]5C)OCC=C6C)nc(C(F)F)c4C=CC[C@@H]23)CC1. The van der Waals surface area contributed by atoms with Gasteiger partial charge in [0.05, 0.1) is 17.9 Å². The summed E-state index contributed by atoms with van der Waals surface area (Å²) in [6.07, 6.45) is 7.22. The fraction of sp³-hybridized carbons (Fsp3) is 0.586. The van der Waals surface area contributed by atoms with Crippen molar-refractivity contribution < 1.29 is 18.3 Å². The monoisotopic (exact) mass is 525 g/mol. The van der Waals surface area contributed by atoms with Crippen molar-refractivity contribution in [3.8, 4) is 0 Å². The van der Waals surface area contributed by atoms with Gasteiger partial charge in [-0.25, -0.2) is 13.8 Å². The highest BCUT2D eigenvalue weighted by Gasteiger charge is 2.46. The van der Waals surface area contributed by atoms with E-state index >= 15 is 0 Å². The third-order valence-electron chi connectivity index (χ3n) is 9.40. The molecule has 1 spiro atoms. The molecule has 0 aromatic carbocycles. The molecule has 0 N–H and O–H groups in total. The number of fused-ring (bicyclic) bond motifs is 3. The predicted octanol–water partition coefficient (Wildman–Crippen LogP) is 4.03. The standard InChI is InChI=1S/C29H37F2N5O2/c1-4-26(37)34-13-11-33(12-14-34)24-18-36-22(24)7-5-6-21-23(36)16-25(32-27(21)28(30)31)35-10-9-29(17-20(35)3)19(2)8-15-38-29/h4-6,8,16,20,22,24,28H,1,7,9-15,17-18H2,2-3H3/t20-,22+,24?,29?/m1/s1. The number of anilines is 2. The molecule has 6 rings (SSSR count). The quantitative estimate of drug-likeness (QED) is 0.437. The number of rotatable bonds is 4. The molecule has 6 heterocycles. The van der Waals surface area contributed by atoms with Gasteiger partial charge in [0, 0.05) is 75.4 Å². The molecule has 2 unspecified atom stereocenters. The molecular formula is C29H37F2N5O2. The largest absolute Gasteiger partial charge is 0.366 e. The normalized spacial score (nSPS) is 31.1. The molecule has 0 saturated carbocycles. The Morgan fingerprint density at radius 3 is 2.66 bits per heavy atom. The average molecular weight is 526 g/mol. The van der Waals surface area contributed by atoms with Gasteiger partial charge in [-0.1, -0.05) is 24.8 Å². The maximum absolute atomic E-state index is 14.4. The summed E-state index contributed by atoms with van der Waals surface area (Å²) in [7, 11) is 0. The number of nitrogens with zero attached hydrogens (tertiary/aromatic N) is 5. The number of carbonyl (C=O) groups is 1. The van der Waals surface area contributed by atoms with E-state index in [1.165, 1.54) is 11.6 Å². The number of pyridine rings is 1. The summed E-state index contributed by atoms with van der Waals surface area (Å²) in [5.74, 6) is 0.615. The van der Waals surface area contributed by atoms with Gasteiger partial charge in [0.25, 0.3) is 6.43 Å². The zero-order valence-corrected chi connectivity index (χ0v) is 22.3. The first-order valence-electron chi connectivity index (χ1n) is 13.8.